The summed E-state index contributed by atoms with van der Waals surface area (Å²) >= 11 is 0. The van der Waals surface area contributed by atoms with Crippen molar-refractivity contribution in [3.05, 3.63) is 54.1 Å². The van der Waals surface area contributed by atoms with Gasteiger partial charge in [0.2, 0.25) is 5.91 Å². The van der Waals surface area contributed by atoms with E-state index in [4.69, 9.17) is 14.2 Å². The number of morpholine rings is 1. The Bertz CT molecular complexity index is 903. The van der Waals surface area contributed by atoms with Crippen LogP contribution in [-0.2, 0) is 20.7 Å². The van der Waals surface area contributed by atoms with Gasteiger partial charge >= 0.3 is 0 Å². The molecule has 2 aromatic carbocycles. The van der Waals surface area contributed by atoms with Gasteiger partial charge in [0.15, 0.2) is 0 Å². The summed E-state index contributed by atoms with van der Waals surface area (Å²) in [4.78, 5) is 15.9. The molecule has 2 fully saturated rings. The Kier molecular flexibility index (Phi) is 8.02. The van der Waals surface area contributed by atoms with Crippen molar-refractivity contribution < 1.29 is 19.0 Å². The van der Waals surface area contributed by atoms with Gasteiger partial charge in [0, 0.05) is 44.5 Å². The van der Waals surface area contributed by atoms with Crippen molar-refractivity contribution in [2.75, 3.05) is 53.2 Å². The van der Waals surface area contributed by atoms with Crippen molar-refractivity contribution in [2.45, 2.75) is 32.2 Å². The summed E-state index contributed by atoms with van der Waals surface area (Å²) in [6, 6.07) is 16.7. The van der Waals surface area contributed by atoms with Crippen molar-refractivity contribution in [3.8, 4) is 16.9 Å². The van der Waals surface area contributed by atoms with Crippen LogP contribution >= 0.6 is 0 Å². The quantitative estimate of drug-likeness (QED) is 0.664. The molecule has 2 aliphatic rings. The van der Waals surface area contributed by atoms with Gasteiger partial charge in [0.1, 0.15) is 5.75 Å². The molecule has 2 heterocycles. The third kappa shape index (κ3) is 5.94. The standard InChI is InChI=1S/C27H36N2O4/c1-21(20-29-13-17-33-18-14-29)28-26(30)27(11-15-32-16-12-27)19-22-7-9-23(10-8-22)24-5-3-4-6-25(24)31-2/h3-10,21H,11-20H2,1-2H3,(H,28,30)/t21-/m0/s1. The summed E-state index contributed by atoms with van der Waals surface area (Å²) < 4.78 is 16.6. The Hall–Kier alpha value is -2.41. The van der Waals surface area contributed by atoms with E-state index in [2.05, 4.69) is 47.5 Å². The van der Waals surface area contributed by atoms with Crippen LogP contribution in [0.4, 0.5) is 0 Å². The number of para-hydroxylation sites is 1. The third-order valence-electron chi connectivity index (χ3n) is 6.86. The molecule has 4 rings (SSSR count). The van der Waals surface area contributed by atoms with Crippen LogP contribution in [0.5, 0.6) is 5.75 Å². The number of carbonyl (C=O) groups excluding carboxylic acids is 1. The molecular weight excluding hydrogens is 416 g/mol. The van der Waals surface area contributed by atoms with E-state index in [9.17, 15) is 4.79 Å². The second kappa shape index (κ2) is 11.1. The van der Waals surface area contributed by atoms with Gasteiger partial charge < -0.3 is 19.5 Å². The second-order valence-corrected chi connectivity index (χ2v) is 9.25. The Morgan fingerprint density at radius 1 is 1.03 bits per heavy atom. The molecule has 6 nitrogen and oxygen atoms in total. The molecule has 1 amide bonds. The maximum Gasteiger partial charge on any atom is 0.226 e. The van der Waals surface area contributed by atoms with E-state index in [0.717, 1.165) is 69.0 Å². The van der Waals surface area contributed by atoms with Crippen LogP contribution < -0.4 is 10.1 Å². The number of benzene rings is 2. The number of hydrogen-bond acceptors (Lipinski definition) is 5. The summed E-state index contributed by atoms with van der Waals surface area (Å²) in [5, 5.41) is 3.32. The molecule has 0 aliphatic carbocycles. The van der Waals surface area contributed by atoms with Gasteiger partial charge in [-0.2, -0.15) is 0 Å². The average molecular weight is 453 g/mol. The van der Waals surface area contributed by atoms with Gasteiger partial charge in [-0.1, -0.05) is 42.5 Å². The Morgan fingerprint density at radius 2 is 1.70 bits per heavy atom. The molecular formula is C27H36N2O4. The minimum absolute atomic E-state index is 0.100. The highest BCUT2D eigenvalue weighted by atomic mass is 16.5. The van der Waals surface area contributed by atoms with Crippen molar-refractivity contribution in [2.24, 2.45) is 5.41 Å². The number of nitrogens with one attached hydrogen (secondary N) is 1. The summed E-state index contributed by atoms with van der Waals surface area (Å²) in [5.41, 5.74) is 2.93. The van der Waals surface area contributed by atoms with Crippen molar-refractivity contribution in [1.29, 1.82) is 0 Å². The van der Waals surface area contributed by atoms with Gasteiger partial charge in [0.05, 0.1) is 25.7 Å². The average Bonchev–Trinajstić information content (AvgIpc) is 2.85. The molecule has 2 saturated heterocycles. The van der Waals surface area contributed by atoms with Crippen molar-refractivity contribution >= 4 is 5.91 Å². The minimum Gasteiger partial charge on any atom is -0.496 e. The normalized spacial score (nSPS) is 19.6. The third-order valence-corrected chi connectivity index (χ3v) is 6.86. The molecule has 0 radical (unpaired) electrons. The Balaban J connectivity index is 1.45. The molecule has 0 unspecified atom stereocenters. The van der Waals surface area contributed by atoms with Crippen LogP contribution in [-0.4, -0.2) is 70.0 Å². The van der Waals surface area contributed by atoms with E-state index < -0.39 is 5.41 Å². The first kappa shape index (κ1) is 23.7. The number of carbonyl (C=O) groups is 1. The fourth-order valence-corrected chi connectivity index (χ4v) is 4.92. The fourth-order valence-electron chi connectivity index (χ4n) is 4.92. The monoisotopic (exact) mass is 452 g/mol. The van der Waals surface area contributed by atoms with Crippen LogP contribution in [0, 0.1) is 5.41 Å². The largest absolute Gasteiger partial charge is 0.496 e. The molecule has 2 aliphatic heterocycles. The molecule has 2 aromatic rings. The second-order valence-electron chi connectivity index (χ2n) is 9.25. The maximum absolute atomic E-state index is 13.5. The number of nitrogens with zero attached hydrogens (tertiary/aromatic N) is 1. The summed E-state index contributed by atoms with van der Waals surface area (Å²) in [6.07, 6.45) is 2.22. The molecule has 6 heteroatoms. The van der Waals surface area contributed by atoms with Gasteiger partial charge in [-0.15, -0.1) is 0 Å². The molecule has 0 spiro atoms. The van der Waals surface area contributed by atoms with Crippen LogP contribution in [0.25, 0.3) is 11.1 Å². The molecule has 0 aromatic heterocycles. The first-order valence-corrected chi connectivity index (χ1v) is 12.0. The van der Waals surface area contributed by atoms with E-state index in [1.165, 1.54) is 5.56 Å². The number of ether oxygens (including phenoxy) is 3. The zero-order chi connectivity index (χ0) is 23.1. The van der Waals surface area contributed by atoms with E-state index in [1.807, 2.05) is 18.2 Å². The molecule has 1 N–H and O–H groups in total. The predicted octanol–water partition coefficient (Wildman–Crippen LogP) is 3.54. The highest BCUT2D eigenvalue weighted by molar-refractivity contribution is 5.83. The van der Waals surface area contributed by atoms with E-state index in [0.29, 0.717) is 13.2 Å². The van der Waals surface area contributed by atoms with Gasteiger partial charge in [-0.05, 0) is 43.4 Å². The number of amides is 1. The molecule has 0 bridgehead atoms. The zero-order valence-electron chi connectivity index (χ0n) is 19.8. The SMILES string of the molecule is COc1ccccc1-c1ccc(CC2(C(=O)N[C@@H](C)CN3CCOCC3)CCOCC2)cc1. The van der Waals surface area contributed by atoms with E-state index in [-0.39, 0.29) is 11.9 Å². The lowest BCUT2D eigenvalue weighted by Crippen LogP contribution is -2.52. The zero-order valence-corrected chi connectivity index (χ0v) is 19.8. The minimum atomic E-state index is -0.427. The smallest absolute Gasteiger partial charge is 0.226 e. The molecule has 0 saturated carbocycles. The Labute approximate surface area is 197 Å². The highest BCUT2D eigenvalue weighted by Gasteiger charge is 2.40. The lowest BCUT2D eigenvalue weighted by molar-refractivity contribution is -0.137. The molecule has 178 valence electrons. The van der Waals surface area contributed by atoms with Gasteiger partial charge in [-0.3, -0.25) is 9.69 Å². The van der Waals surface area contributed by atoms with E-state index >= 15 is 0 Å². The topological polar surface area (TPSA) is 60.0 Å². The number of methoxy groups -OCH3 is 1. The fraction of sp³-hybridized carbons (Fsp3) is 0.519. The van der Waals surface area contributed by atoms with Crippen LogP contribution in [0.15, 0.2) is 48.5 Å². The lowest BCUT2D eigenvalue weighted by Gasteiger charge is -2.37. The van der Waals surface area contributed by atoms with Crippen LogP contribution in [0.2, 0.25) is 0 Å². The van der Waals surface area contributed by atoms with E-state index in [1.54, 1.807) is 7.11 Å². The summed E-state index contributed by atoms with van der Waals surface area (Å²) in [6.45, 7) is 7.61. The number of rotatable bonds is 8. The Morgan fingerprint density at radius 3 is 2.39 bits per heavy atom. The van der Waals surface area contributed by atoms with Crippen LogP contribution in [0.3, 0.4) is 0 Å². The highest BCUT2D eigenvalue weighted by Crippen LogP contribution is 2.36. The predicted molar refractivity (Wildman–Crippen MR) is 129 cm³/mol. The summed E-state index contributed by atoms with van der Waals surface area (Å²) in [7, 11) is 1.70. The maximum atomic E-state index is 13.5. The van der Waals surface area contributed by atoms with Crippen molar-refractivity contribution in [3.63, 3.8) is 0 Å². The molecule has 33 heavy (non-hydrogen) atoms. The first-order chi connectivity index (χ1) is 16.1. The summed E-state index contributed by atoms with van der Waals surface area (Å²) in [5.74, 6) is 1.01. The lowest BCUT2D eigenvalue weighted by atomic mass is 9.74. The van der Waals surface area contributed by atoms with Gasteiger partial charge in [0.25, 0.3) is 0 Å². The number of hydrogen-bond donors (Lipinski definition) is 1. The van der Waals surface area contributed by atoms with Crippen LogP contribution in [0.1, 0.15) is 25.3 Å². The molecule has 1 atom stereocenters. The van der Waals surface area contributed by atoms with Crippen molar-refractivity contribution in [1.82, 2.24) is 10.2 Å². The first-order valence-electron chi connectivity index (χ1n) is 12.0. The van der Waals surface area contributed by atoms with Gasteiger partial charge in [-0.25, -0.2) is 0 Å².